The lowest BCUT2D eigenvalue weighted by atomic mass is 10.0. The normalized spacial score (nSPS) is 17.7. The summed E-state index contributed by atoms with van der Waals surface area (Å²) in [6.07, 6.45) is 1.71. The highest BCUT2D eigenvalue weighted by molar-refractivity contribution is 8.00. The summed E-state index contributed by atoms with van der Waals surface area (Å²) in [6.45, 7) is 1.84. The van der Waals surface area contributed by atoms with Gasteiger partial charge in [-0.05, 0) is 53.3 Å². The highest BCUT2D eigenvalue weighted by Gasteiger charge is 2.54. The lowest BCUT2D eigenvalue weighted by Crippen LogP contribution is -2.70. The fourth-order valence-electron chi connectivity index (χ4n) is 5.25. The molecule has 1 fully saturated rings. The fraction of sp³-hybridized carbons (Fsp3) is 0.171. The Morgan fingerprint density at radius 1 is 0.957 bits per heavy atom. The molecule has 47 heavy (non-hydrogen) atoms. The summed E-state index contributed by atoms with van der Waals surface area (Å²) in [5.41, 5.74) is 2.66. The molecule has 12 heteroatoms. The number of hydrogen-bond acceptors (Lipinski definition) is 9. The van der Waals surface area contributed by atoms with Crippen molar-refractivity contribution >= 4 is 51.0 Å². The Labute approximate surface area is 281 Å². The minimum Gasteiger partial charge on any atom is -0.448 e. The number of β-lactam (4-membered cyclic amide) rings is 1. The van der Waals surface area contributed by atoms with Gasteiger partial charge in [-0.2, -0.15) is 8.42 Å². The lowest BCUT2D eigenvalue weighted by molar-refractivity contribution is -0.154. The first-order chi connectivity index (χ1) is 22.7. The molecule has 2 atom stereocenters. The third-order valence-electron chi connectivity index (χ3n) is 7.61. The van der Waals surface area contributed by atoms with Crippen molar-refractivity contribution in [2.75, 3.05) is 5.75 Å². The van der Waals surface area contributed by atoms with E-state index in [1.807, 2.05) is 85.1 Å². The van der Waals surface area contributed by atoms with Gasteiger partial charge in [0.15, 0.2) is 6.10 Å². The van der Waals surface area contributed by atoms with Crippen molar-refractivity contribution < 1.29 is 31.7 Å². The van der Waals surface area contributed by atoms with Crippen LogP contribution in [0.2, 0.25) is 0 Å². The van der Waals surface area contributed by atoms with Crippen LogP contribution in [0.5, 0.6) is 0 Å². The number of nitrogens with zero attached hydrogens (tertiary/aromatic N) is 1. The van der Waals surface area contributed by atoms with Crippen LogP contribution in [-0.2, 0) is 39.8 Å². The molecule has 1 N–H and O–H groups in total. The highest BCUT2D eigenvalue weighted by Crippen LogP contribution is 2.42. The summed E-state index contributed by atoms with van der Waals surface area (Å²) >= 11 is 2.79. The molecule has 9 nitrogen and oxygen atoms in total. The van der Waals surface area contributed by atoms with Crippen LogP contribution in [-0.4, -0.2) is 48.3 Å². The number of benzene rings is 3. The summed E-state index contributed by atoms with van der Waals surface area (Å²) in [5, 5.41) is 4.13. The zero-order valence-electron chi connectivity index (χ0n) is 25.1. The van der Waals surface area contributed by atoms with Crippen molar-refractivity contribution in [3.63, 3.8) is 0 Å². The number of hydrogen-bond donors (Lipinski definition) is 1. The van der Waals surface area contributed by atoms with Gasteiger partial charge in [-0.15, -0.1) is 23.1 Å². The van der Waals surface area contributed by atoms with Crippen LogP contribution >= 0.6 is 23.1 Å². The van der Waals surface area contributed by atoms with Gasteiger partial charge in [0.25, 0.3) is 5.91 Å². The second-order valence-electron chi connectivity index (χ2n) is 10.9. The van der Waals surface area contributed by atoms with Crippen LogP contribution in [0.3, 0.4) is 0 Å². The molecule has 1 aromatic heterocycles. The van der Waals surface area contributed by atoms with E-state index in [-0.39, 0.29) is 28.7 Å². The van der Waals surface area contributed by atoms with Crippen molar-refractivity contribution in [3.05, 3.63) is 148 Å². The van der Waals surface area contributed by atoms with Gasteiger partial charge in [0.2, 0.25) is 5.91 Å². The topological polar surface area (TPSA) is 119 Å². The number of fused-ring (bicyclic) bond motifs is 1. The molecule has 6 rings (SSSR count). The first-order valence-electron chi connectivity index (χ1n) is 14.7. The first kappa shape index (κ1) is 32.3. The summed E-state index contributed by atoms with van der Waals surface area (Å²) in [7, 11) is -4.13. The average molecular weight is 687 g/mol. The van der Waals surface area contributed by atoms with Crippen LogP contribution in [0.15, 0.2) is 131 Å². The predicted molar refractivity (Wildman–Crippen MR) is 179 cm³/mol. The fourth-order valence-corrected chi connectivity index (χ4v) is 8.05. The zero-order valence-corrected chi connectivity index (χ0v) is 27.6. The van der Waals surface area contributed by atoms with Crippen molar-refractivity contribution in [1.29, 1.82) is 0 Å². The molecule has 4 aromatic rings. The number of thiophene rings is 1. The number of rotatable bonds is 11. The third-order valence-corrected chi connectivity index (χ3v) is 11.0. The summed E-state index contributed by atoms with van der Waals surface area (Å²) in [5.74, 6) is -1.32. The Bertz CT molecular complexity index is 1890. The quantitative estimate of drug-likeness (QED) is 0.0951. The summed E-state index contributed by atoms with van der Waals surface area (Å²) < 4.78 is 36.9. The molecule has 1 saturated heterocycles. The molecule has 2 unspecified atom stereocenters. The van der Waals surface area contributed by atoms with E-state index in [0.29, 0.717) is 5.57 Å². The van der Waals surface area contributed by atoms with Crippen molar-refractivity contribution in [1.82, 2.24) is 10.2 Å². The Morgan fingerprint density at radius 3 is 2.23 bits per heavy atom. The molecular formula is C35H30N2O7S3. The van der Waals surface area contributed by atoms with E-state index < -0.39 is 39.5 Å². The smallest absolute Gasteiger partial charge is 0.356 e. The number of thioether (sulfide) groups is 1. The largest absolute Gasteiger partial charge is 0.448 e. The molecule has 0 bridgehead atoms. The Balaban J connectivity index is 1.29. The highest BCUT2D eigenvalue weighted by atomic mass is 32.2. The van der Waals surface area contributed by atoms with Crippen LogP contribution in [0, 0.1) is 6.92 Å². The van der Waals surface area contributed by atoms with E-state index in [9.17, 15) is 22.8 Å². The molecule has 3 aromatic carbocycles. The molecule has 0 saturated carbocycles. The Kier molecular flexibility index (Phi) is 9.62. The second-order valence-corrected chi connectivity index (χ2v) is 14.6. The molecule has 0 aliphatic carbocycles. The van der Waals surface area contributed by atoms with Crippen LogP contribution in [0.4, 0.5) is 0 Å². The number of carbonyl (C=O) groups is 3. The van der Waals surface area contributed by atoms with E-state index in [2.05, 4.69) is 5.32 Å². The minimum atomic E-state index is -4.13. The van der Waals surface area contributed by atoms with E-state index in [0.717, 1.165) is 27.8 Å². The maximum atomic E-state index is 14.1. The standard InChI is InChI=1S/C35H30N2O7S3/c1-23-14-16-28(17-15-23)47(41,42)43-19-18-26-22-46-34-30(36-29(38)21-27-13-8-20-45-27)33(39)37(34)31(26)35(40)44-32(24-9-4-2-5-10-24)25-11-6-3-7-12-25/h2-20,30,32,34H,21-22H2,1H3,(H,36,38). The predicted octanol–water partition coefficient (Wildman–Crippen LogP) is 5.51. The number of nitrogens with one attached hydrogen (secondary N) is 1. The minimum absolute atomic E-state index is 0.0212. The van der Waals surface area contributed by atoms with Gasteiger partial charge < -0.3 is 14.2 Å². The Morgan fingerprint density at radius 2 is 1.62 bits per heavy atom. The molecule has 0 radical (unpaired) electrons. The number of esters is 1. The number of allylic oxidation sites excluding steroid dienone is 1. The number of ether oxygens (including phenoxy) is 1. The van der Waals surface area contributed by atoms with E-state index in [1.54, 1.807) is 12.1 Å². The van der Waals surface area contributed by atoms with Gasteiger partial charge in [-0.3, -0.25) is 14.5 Å². The third kappa shape index (κ3) is 7.19. The monoisotopic (exact) mass is 686 g/mol. The Hall–Kier alpha value is -4.65. The average Bonchev–Trinajstić information content (AvgIpc) is 3.59. The van der Waals surface area contributed by atoms with Crippen LogP contribution in [0.1, 0.15) is 27.7 Å². The molecule has 0 spiro atoms. The zero-order chi connectivity index (χ0) is 33.0. The first-order valence-corrected chi connectivity index (χ1v) is 18.0. The number of carbonyl (C=O) groups excluding carboxylic acids is 3. The summed E-state index contributed by atoms with van der Waals surface area (Å²) in [6, 6.07) is 27.5. The second kappa shape index (κ2) is 14.0. The van der Waals surface area contributed by atoms with Gasteiger partial charge in [0, 0.05) is 10.6 Å². The molecule has 2 amide bonds. The maximum absolute atomic E-state index is 14.1. The van der Waals surface area contributed by atoms with Crippen LogP contribution in [0.25, 0.3) is 0 Å². The maximum Gasteiger partial charge on any atom is 0.356 e. The van der Waals surface area contributed by atoms with E-state index >= 15 is 0 Å². The molecule has 2 aliphatic heterocycles. The van der Waals surface area contributed by atoms with Gasteiger partial charge in [-0.25, -0.2) is 4.79 Å². The van der Waals surface area contributed by atoms with Crippen molar-refractivity contribution in [3.8, 4) is 0 Å². The number of aryl methyl sites for hydroxylation is 1. The van der Waals surface area contributed by atoms with E-state index in [4.69, 9.17) is 8.92 Å². The van der Waals surface area contributed by atoms with Crippen molar-refractivity contribution in [2.45, 2.75) is 35.8 Å². The van der Waals surface area contributed by atoms with Gasteiger partial charge in [0.1, 0.15) is 28.3 Å². The molecule has 3 heterocycles. The van der Waals surface area contributed by atoms with Crippen LogP contribution < -0.4 is 5.32 Å². The lowest BCUT2D eigenvalue weighted by Gasteiger charge is -2.49. The molecule has 2 aliphatic rings. The number of amides is 2. The van der Waals surface area contributed by atoms with Gasteiger partial charge in [-0.1, -0.05) is 84.4 Å². The van der Waals surface area contributed by atoms with Crippen molar-refractivity contribution in [2.24, 2.45) is 0 Å². The molecular weight excluding hydrogens is 657 g/mol. The summed E-state index contributed by atoms with van der Waals surface area (Å²) in [4.78, 5) is 42.6. The van der Waals surface area contributed by atoms with E-state index in [1.165, 1.54) is 46.2 Å². The SMILES string of the molecule is Cc1ccc(S(=O)(=O)OC=CC2=C(C(=O)OC(c3ccccc3)c3ccccc3)N3C(=O)C(NC(=O)Cc4cccs4)C3SC2)cc1. The molecule has 240 valence electrons. The van der Waals surface area contributed by atoms with Gasteiger partial charge in [0.05, 0.1) is 6.42 Å². The van der Waals surface area contributed by atoms with Gasteiger partial charge >= 0.3 is 16.1 Å².